The molecule has 2 aromatic rings. The Morgan fingerprint density at radius 3 is 2.61 bits per heavy atom. The summed E-state index contributed by atoms with van der Waals surface area (Å²) in [5.41, 5.74) is 0.928. The number of carbonyl (C=O) groups excluding carboxylic acids is 2. The summed E-state index contributed by atoms with van der Waals surface area (Å²) in [6, 6.07) is 13.4. The highest BCUT2D eigenvalue weighted by atomic mass is 35.5. The summed E-state index contributed by atoms with van der Waals surface area (Å²) in [6.07, 6.45) is 0. The van der Waals surface area contributed by atoms with Crippen LogP contribution in [0.2, 0.25) is 5.02 Å². The minimum absolute atomic E-state index is 0.0489. The predicted molar refractivity (Wildman–Crippen MR) is 111 cm³/mol. The Hall–Kier alpha value is -2.05. The molecule has 3 rings (SSSR count). The third-order valence-corrected chi connectivity index (χ3v) is 6.28. The van der Waals surface area contributed by atoms with Crippen molar-refractivity contribution >= 4 is 35.2 Å². The molecule has 2 amide bonds. The Balaban J connectivity index is 1.77. The molecule has 148 valence electrons. The average Bonchev–Trinajstić information content (AvgIpc) is 3.03. The van der Waals surface area contributed by atoms with Crippen molar-refractivity contribution in [1.82, 2.24) is 9.80 Å². The molecule has 7 heteroatoms. The lowest BCUT2D eigenvalue weighted by atomic mass is 10.1. The Bertz CT molecular complexity index is 875. The monoisotopic (exact) mass is 420 g/mol. The molecule has 1 aliphatic heterocycles. The van der Waals surface area contributed by atoms with E-state index in [0.29, 0.717) is 35.0 Å². The molecule has 28 heavy (non-hydrogen) atoms. The zero-order chi connectivity index (χ0) is 20.3. The maximum atomic E-state index is 14.2. The highest BCUT2D eigenvalue weighted by molar-refractivity contribution is 8.00. The molecule has 0 spiro atoms. The number of hydrogen-bond donors (Lipinski definition) is 0. The zero-order valence-electron chi connectivity index (χ0n) is 15.8. The van der Waals surface area contributed by atoms with E-state index in [1.165, 1.54) is 17.8 Å². The molecule has 1 atom stereocenters. The summed E-state index contributed by atoms with van der Waals surface area (Å²) in [4.78, 5) is 28.7. The van der Waals surface area contributed by atoms with Gasteiger partial charge in [-0.1, -0.05) is 41.9 Å². The van der Waals surface area contributed by atoms with E-state index in [-0.39, 0.29) is 29.0 Å². The second-order valence-corrected chi connectivity index (χ2v) is 8.32. The first kappa shape index (κ1) is 20.7. The Labute approximate surface area is 173 Å². The smallest absolute Gasteiger partial charge is 0.255 e. The van der Waals surface area contributed by atoms with Crippen LogP contribution in [0.5, 0.6) is 0 Å². The minimum Gasteiger partial charge on any atom is -0.334 e. The van der Waals surface area contributed by atoms with Crippen molar-refractivity contribution in [1.29, 1.82) is 0 Å². The minimum atomic E-state index is -0.377. The van der Waals surface area contributed by atoms with Crippen LogP contribution in [0, 0.1) is 5.82 Å². The lowest BCUT2D eigenvalue weighted by molar-refractivity contribution is -0.128. The number of nitrogens with zero attached hydrogens (tertiary/aromatic N) is 2. The fourth-order valence-electron chi connectivity index (χ4n) is 3.23. The molecule has 0 saturated carbocycles. The molecule has 1 fully saturated rings. The van der Waals surface area contributed by atoms with Gasteiger partial charge in [0.05, 0.1) is 16.3 Å². The van der Waals surface area contributed by atoms with Gasteiger partial charge in [-0.15, -0.1) is 11.8 Å². The van der Waals surface area contributed by atoms with Crippen LogP contribution >= 0.6 is 23.4 Å². The van der Waals surface area contributed by atoms with Gasteiger partial charge in [0.15, 0.2) is 0 Å². The summed E-state index contributed by atoms with van der Waals surface area (Å²) in [5, 5.41) is 0.0216. The SMILES string of the molecule is CC(C)N(CCN1C(=O)CS[C@H]1c1ccccc1F)C(=O)c1ccccc1Cl. The lowest BCUT2D eigenvalue weighted by Crippen LogP contribution is -2.43. The van der Waals surface area contributed by atoms with Gasteiger partial charge in [0.25, 0.3) is 5.91 Å². The maximum absolute atomic E-state index is 14.2. The van der Waals surface area contributed by atoms with Crippen LogP contribution in [-0.2, 0) is 4.79 Å². The molecular formula is C21H22ClFN2O2S. The summed E-state index contributed by atoms with van der Waals surface area (Å²) >= 11 is 7.59. The van der Waals surface area contributed by atoms with Crippen molar-refractivity contribution < 1.29 is 14.0 Å². The number of amides is 2. The Kier molecular flexibility index (Phi) is 6.62. The number of benzene rings is 2. The molecule has 0 radical (unpaired) electrons. The summed E-state index contributed by atoms with van der Waals surface area (Å²) in [6.45, 7) is 4.52. The van der Waals surface area contributed by atoms with Crippen LogP contribution in [0.25, 0.3) is 0 Å². The van der Waals surface area contributed by atoms with Crippen molar-refractivity contribution in [3.63, 3.8) is 0 Å². The van der Waals surface area contributed by atoms with Crippen LogP contribution in [0.1, 0.15) is 35.1 Å². The van der Waals surface area contributed by atoms with Crippen LogP contribution < -0.4 is 0 Å². The average molecular weight is 421 g/mol. The number of carbonyl (C=O) groups is 2. The van der Waals surface area contributed by atoms with Gasteiger partial charge in [0.1, 0.15) is 11.2 Å². The van der Waals surface area contributed by atoms with E-state index in [4.69, 9.17) is 11.6 Å². The molecule has 2 aromatic carbocycles. The van der Waals surface area contributed by atoms with Crippen LogP contribution in [0.15, 0.2) is 48.5 Å². The predicted octanol–water partition coefficient (Wildman–Crippen LogP) is 4.60. The third-order valence-electron chi connectivity index (χ3n) is 4.71. The highest BCUT2D eigenvalue weighted by Crippen LogP contribution is 2.39. The molecule has 1 aliphatic rings. The van der Waals surface area contributed by atoms with Gasteiger partial charge in [0.2, 0.25) is 5.91 Å². The fourth-order valence-corrected chi connectivity index (χ4v) is 4.68. The van der Waals surface area contributed by atoms with Crippen molar-refractivity contribution in [2.24, 2.45) is 0 Å². The van der Waals surface area contributed by atoms with Crippen molar-refractivity contribution in [3.8, 4) is 0 Å². The molecule has 0 bridgehead atoms. The van der Waals surface area contributed by atoms with Crippen molar-refractivity contribution in [2.45, 2.75) is 25.3 Å². The quantitative estimate of drug-likeness (QED) is 0.685. The first-order valence-electron chi connectivity index (χ1n) is 9.11. The number of rotatable bonds is 6. The van der Waals surface area contributed by atoms with Gasteiger partial charge in [0, 0.05) is 24.7 Å². The van der Waals surface area contributed by atoms with E-state index in [1.54, 1.807) is 52.3 Å². The van der Waals surface area contributed by atoms with E-state index in [1.807, 2.05) is 13.8 Å². The first-order chi connectivity index (χ1) is 13.4. The van der Waals surface area contributed by atoms with Gasteiger partial charge < -0.3 is 9.80 Å². The zero-order valence-corrected chi connectivity index (χ0v) is 17.3. The van der Waals surface area contributed by atoms with Gasteiger partial charge in [-0.2, -0.15) is 0 Å². The van der Waals surface area contributed by atoms with Crippen LogP contribution in [0.4, 0.5) is 4.39 Å². The Morgan fingerprint density at radius 2 is 1.93 bits per heavy atom. The second kappa shape index (κ2) is 8.97. The van der Waals surface area contributed by atoms with E-state index in [2.05, 4.69) is 0 Å². The van der Waals surface area contributed by atoms with Crippen LogP contribution in [-0.4, -0.2) is 46.5 Å². The van der Waals surface area contributed by atoms with E-state index >= 15 is 0 Å². The molecule has 0 N–H and O–H groups in total. The van der Waals surface area contributed by atoms with Gasteiger partial charge in [-0.25, -0.2) is 4.39 Å². The van der Waals surface area contributed by atoms with Crippen LogP contribution in [0.3, 0.4) is 0 Å². The molecule has 1 saturated heterocycles. The molecule has 1 heterocycles. The summed E-state index contributed by atoms with van der Waals surface area (Å²) in [7, 11) is 0. The normalized spacial score (nSPS) is 16.7. The molecular weight excluding hydrogens is 399 g/mol. The van der Waals surface area contributed by atoms with Gasteiger partial charge in [-0.05, 0) is 32.0 Å². The molecule has 4 nitrogen and oxygen atoms in total. The summed E-state index contributed by atoms with van der Waals surface area (Å²) < 4.78 is 14.2. The largest absolute Gasteiger partial charge is 0.334 e. The van der Waals surface area contributed by atoms with E-state index in [0.717, 1.165) is 0 Å². The van der Waals surface area contributed by atoms with Gasteiger partial charge >= 0.3 is 0 Å². The number of thioether (sulfide) groups is 1. The molecule has 0 unspecified atom stereocenters. The maximum Gasteiger partial charge on any atom is 0.255 e. The lowest BCUT2D eigenvalue weighted by Gasteiger charge is -2.31. The highest BCUT2D eigenvalue weighted by Gasteiger charge is 2.35. The van der Waals surface area contributed by atoms with Crippen molar-refractivity contribution in [2.75, 3.05) is 18.8 Å². The van der Waals surface area contributed by atoms with E-state index < -0.39 is 0 Å². The standard InChI is InChI=1S/C21H22ClFN2O2S/c1-14(2)24(20(27)15-7-3-5-9-17(15)22)11-12-25-19(26)13-28-21(25)16-8-4-6-10-18(16)23/h3-10,14,21H,11-13H2,1-2H3/t21-/m0/s1. The second-order valence-electron chi connectivity index (χ2n) is 6.84. The number of hydrogen-bond acceptors (Lipinski definition) is 3. The molecule has 0 aromatic heterocycles. The molecule has 0 aliphatic carbocycles. The topological polar surface area (TPSA) is 40.6 Å². The van der Waals surface area contributed by atoms with Gasteiger partial charge in [-0.3, -0.25) is 9.59 Å². The van der Waals surface area contributed by atoms with Crippen molar-refractivity contribution in [3.05, 3.63) is 70.5 Å². The third kappa shape index (κ3) is 4.33. The fraction of sp³-hybridized carbons (Fsp3) is 0.333. The van der Waals surface area contributed by atoms with E-state index in [9.17, 15) is 14.0 Å². The summed E-state index contributed by atoms with van der Waals surface area (Å²) in [5.74, 6) is -0.249. The Morgan fingerprint density at radius 1 is 1.25 bits per heavy atom. The first-order valence-corrected chi connectivity index (χ1v) is 10.5. The number of halogens is 2.